The van der Waals surface area contributed by atoms with Gasteiger partial charge in [-0.05, 0) is 49.8 Å². The third-order valence-electron chi connectivity index (χ3n) is 8.59. The minimum absolute atomic E-state index is 0.00274. The van der Waals surface area contributed by atoms with Gasteiger partial charge in [-0.1, -0.05) is 55.5 Å². The van der Waals surface area contributed by atoms with Crippen LogP contribution in [0.5, 0.6) is 0 Å². The first-order valence-electron chi connectivity index (χ1n) is 13.1. The summed E-state index contributed by atoms with van der Waals surface area (Å²) in [6.07, 6.45) is 1.66. The molecule has 3 aliphatic rings. The van der Waals surface area contributed by atoms with Crippen LogP contribution in [0.25, 0.3) is 0 Å². The van der Waals surface area contributed by atoms with E-state index in [4.69, 9.17) is 4.74 Å². The number of ether oxygens (including phenoxy) is 1. The number of carbonyl (C=O) groups excluding carboxylic acids is 3. The number of anilines is 1. The number of amides is 3. The highest BCUT2D eigenvalue weighted by atomic mass is 16.5. The standard InChI is InChI=1S/C29H35N3O5/c1-4-28-13-14-29(37-28)22(21(28)25(34)30-17-20-11-6-5-7-12-20)27(36)32(15-16-33)24(29)26(35)31-23-18(2)9-8-10-19(23)3/h5-12,21-22,24,33H,4,13-17H2,1-3H3,(H,30,34)(H,31,35)/t21-,22-,24?,28+,29?/m0/s1. The fourth-order valence-corrected chi connectivity index (χ4v) is 6.86. The Kier molecular flexibility index (Phi) is 6.58. The number of carbonyl (C=O) groups is 3. The van der Waals surface area contributed by atoms with Gasteiger partial charge in [0.15, 0.2) is 0 Å². The number of nitrogens with zero attached hydrogens (tertiary/aromatic N) is 1. The molecule has 3 heterocycles. The van der Waals surface area contributed by atoms with E-state index in [1.165, 1.54) is 4.90 Å². The van der Waals surface area contributed by atoms with Crippen molar-refractivity contribution in [3.8, 4) is 0 Å². The molecule has 3 fully saturated rings. The minimum Gasteiger partial charge on any atom is -0.395 e. The van der Waals surface area contributed by atoms with Gasteiger partial charge in [0, 0.05) is 18.8 Å². The Morgan fingerprint density at radius 3 is 2.41 bits per heavy atom. The molecule has 1 spiro atoms. The number of benzene rings is 2. The zero-order chi connectivity index (χ0) is 26.4. The number of hydrogen-bond acceptors (Lipinski definition) is 5. The number of hydrogen-bond donors (Lipinski definition) is 3. The molecule has 2 aromatic rings. The van der Waals surface area contributed by atoms with Crippen LogP contribution in [0, 0.1) is 25.7 Å². The molecule has 5 atom stereocenters. The lowest BCUT2D eigenvalue weighted by Crippen LogP contribution is -2.54. The Bertz CT molecular complexity index is 1200. The van der Waals surface area contributed by atoms with Crippen molar-refractivity contribution in [1.82, 2.24) is 10.2 Å². The number of aryl methyl sites for hydroxylation is 2. The highest BCUT2D eigenvalue weighted by molar-refractivity contribution is 6.04. The van der Waals surface area contributed by atoms with E-state index in [1.807, 2.05) is 69.3 Å². The van der Waals surface area contributed by atoms with Crippen LogP contribution in [0.15, 0.2) is 48.5 Å². The van der Waals surface area contributed by atoms with Crippen molar-refractivity contribution < 1.29 is 24.2 Å². The predicted octanol–water partition coefficient (Wildman–Crippen LogP) is 2.71. The molecule has 3 aliphatic heterocycles. The normalized spacial score (nSPS) is 29.9. The van der Waals surface area contributed by atoms with Crippen molar-refractivity contribution in [2.24, 2.45) is 11.8 Å². The van der Waals surface area contributed by atoms with Crippen molar-refractivity contribution in [3.05, 3.63) is 65.2 Å². The molecule has 37 heavy (non-hydrogen) atoms. The summed E-state index contributed by atoms with van der Waals surface area (Å²) < 4.78 is 6.72. The molecule has 0 aromatic heterocycles. The largest absolute Gasteiger partial charge is 0.395 e. The fourth-order valence-electron chi connectivity index (χ4n) is 6.86. The van der Waals surface area contributed by atoms with Crippen LogP contribution in [-0.2, 0) is 25.7 Å². The van der Waals surface area contributed by atoms with Gasteiger partial charge in [-0.15, -0.1) is 0 Å². The van der Waals surface area contributed by atoms with Gasteiger partial charge in [0.2, 0.25) is 17.7 Å². The van der Waals surface area contributed by atoms with Crippen LogP contribution < -0.4 is 10.6 Å². The first kappa shape index (κ1) is 25.4. The van der Waals surface area contributed by atoms with Gasteiger partial charge < -0.3 is 25.4 Å². The summed E-state index contributed by atoms with van der Waals surface area (Å²) in [4.78, 5) is 42.9. The van der Waals surface area contributed by atoms with E-state index in [0.717, 1.165) is 16.7 Å². The van der Waals surface area contributed by atoms with Gasteiger partial charge in [-0.25, -0.2) is 0 Å². The third-order valence-corrected chi connectivity index (χ3v) is 8.59. The topological polar surface area (TPSA) is 108 Å². The highest BCUT2D eigenvalue weighted by Crippen LogP contribution is 2.64. The lowest BCUT2D eigenvalue weighted by Gasteiger charge is -2.34. The molecule has 5 rings (SSSR count). The zero-order valence-electron chi connectivity index (χ0n) is 21.6. The predicted molar refractivity (Wildman–Crippen MR) is 138 cm³/mol. The van der Waals surface area contributed by atoms with Gasteiger partial charge in [-0.2, -0.15) is 0 Å². The number of para-hydroxylation sites is 1. The van der Waals surface area contributed by atoms with Crippen molar-refractivity contribution in [3.63, 3.8) is 0 Å². The van der Waals surface area contributed by atoms with Crippen molar-refractivity contribution in [2.45, 2.75) is 63.8 Å². The number of aliphatic hydroxyl groups excluding tert-OH is 1. The minimum atomic E-state index is -1.11. The van der Waals surface area contributed by atoms with Gasteiger partial charge in [0.1, 0.15) is 11.6 Å². The van der Waals surface area contributed by atoms with Crippen molar-refractivity contribution in [1.29, 1.82) is 0 Å². The molecule has 2 unspecified atom stereocenters. The monoisotopic (exact) mass is 505 g/mol. The second-order valence-corrected chi connectivity index (χ2v) is 10.5. The van der Waals surface area contributed by atoms with Crippen molar-refractivity contribution >= 4 is 23.4 Å². The van der Waals surface area contributed by atoms with Crippen LogP contribution in [0.3, 0.4) is 0 Å². The molecule has 3 N–H and O–H groups in total. The average Bonchev–Trinajstić information content (AvgIpc) is 3.49. The summed E-state index contributed by atoms with van der Waals surface area (Å²) in [6.45, 7) is 5.88. The van der Waals surface area contributed by atoms with E-state index in [9.17, 15) is 19.5 Å². The summed E-state index contributed by atoms with van der Waals surface area (Å²) in [5, 5.41) is 15.9. The average molecular weight is 506 g/mol. The first-order valence-corrected chi connectivity index (χ1v) is 13.1. The van der Waals surface area contributed by atoms with Gasteiger partial charge >= 0.3 is 0 Å². The summed E-state index contributed by atoms with van der Waals surface area (Å²) in [7, 11) is 0. The quantitative estimate of drug-likeness (QED) is 0.511. The summed E-state index contributed by atoms with van der Waals surface area (Å²) >= 11 is 0. The molecule has 196 valence electrons. The van der Waals surface area contributed by atoms with Crippen LogP contribution in [0.2, 0.25) is 0 Å². The SMILES string of the molecule is CC[C@]12CCC3(O1)C(C(=O)Nc1c(C)cccc1C)N(CCO)C(=O)[C@@H]3[C@H]2C(=O)NCc1ccccc1. The number of aliphatic hydroxyl groups is 1. The number of rotatable bonds is 8. The van der Waals surface area contributed by atoms with E-state index in [1.54, 1.807) is 0 Å². The molecular weight excluding hydrogens is 470 g/mol. The van der Waals surface area contributed by atoms with Gasteiger partial charge in [0.05, 0.1) is 24.0 Å². The highest BCUT2D eigenvalue weighted by Gasteiger charge is 2.78. The number of nitrogens with one attached hydrogen (secondary N) is 2. The Morgan fingerprint density at radius 1 is 1.05 bits per heavy atom. The maximum absolute atomic E-state index is 13.9. The second kappa shape index (κ2) is 9.58. The molecule has 8 nitrogen and oxygen atoms in total. The number of likely N-dealkylation sites (tertiary alicyclic amines) is 1. The van der Waals surface area contributed by atoms with Crippen LogP contribution in [0.4, 0.5) is 5.69 Å². The summed E-state index contributed by atoms with van der Waals surface area (Å²) in [5.41, 5.74) is 1.59. The summed E-state index contributed by atoms with van der Waals surface area (Å²) in [6, 6.07) is 14.5. The lowest BCUT2D eigenvalue weighted by atomic mass is 9.65. The fraction of sp³-hybridized carbons (Fsp3) is 0.483. The molecule has 3 saturated heterocycles. The number of fused-ring (bicyclic) bond motifs is 1. The Hall–Kier alpha value is -3.23. The lowest BCUT2D eigenvalue weighted by molar-refractivity contribution is -0.146. The Balaban J connectivity index is 1.48. The van der Waals surface area contributed by atoms with E-state index in [2.05, 4.69) is 10.6 Å². The first-order chi connectivity index (χ1) is 17.8. The molecule has 0 aliphatic carbocycles. The maximum atomic E-state index is 13.9. The van der Waals surface area contributed by atoms with Crippen LogP contribution in [0.1, 0.15) is 42.9 Å². The van der Waals surface area contributed by atoms with Crippen LogP contribution in [-0.4, -0.2) is 58.1 Å². The third kappa shape index (κ3) is 3.94. The van der Waals surface area contributed by atoms with E-state index >= 15 is 0 Å². The molecule has 0 radical (unpaired) electrons. The molecule has 8 heteroatoms. The molecule has 3 amide bonds. The maximum Gasteiger partial charge on any atom is 0.250 e. The molecular formula is C29H35N3O5. The van der Waals surface area contributed by atoms with Gasteiger partial charge in [0.25, 0.3) is 0 Å². The van der Waals surface area contributed by atoms with E-state index < -0.39 is 29.1 Å². The molecule has 0 saturated carbocycles. The zero-order valence-corrected chi connectivity index (χ0v) is 21.6. The smallest absolute Gasteiger partial charge is 0.250 e. The second-order valence-electron chi connectivity index (χ2n) is 10.5. The van der Waals surface area contributed by atoms with E-state index in [0.29, 0.717) is 31.5 Å². The Labute approximate surface area is 217 Å². The summed E-state index contributed by atoms with van der Waals surface area (Å²) in [5.74, 6) is -2.37. The number of β-amino-alcohol motifs (C(OH)–C–C–N with tert-alkyl or cyclic N) is 1. The van der Waals surface area contributed by atoms with Crippen LogP contribution >= 0.6 is 0 Å². The molecule has 2 bridgehead atoms. The van der Waals surface area contributed by atoms with Gasteiger partial charge in [-0.3, -0.25) is 14.4 Å². The molecule has 2 aromatic carbocycles. The van der Waals surface area contributed by atoms with E-state index in [-0.39, 0.29) is 30.9 Å². The van der Waals surface area contributed by atoms with Crippen molar-refractivity contribution in [2.75, 3.05) is 18.5 Å². The Morgan fingerprint density at radius 2 is 1.76 bits per heavy atom.